The molecule has 2 aliphatic rings. The van der Waals surface area contributed by atoms with Gasteiger partial charge in [0.15, 0.2) is 0 Å². The van der Waals surface area contributed by atoms with E-state index in [-0.39, 0.29) is 12.1 Å². The van der Waals surface area contributed by atoms with Gasteiger partial charge in [0.1, 0.15) is 6.61 Å². The second-order valence-corrected chi connectivity index (χ2v) is 7.51. The van der Waals surface area contributed by atoms with Crippen LogP contribution in [0, 0.1) is 0 Å². The van der Waals surface area contributed by atoms with Crippen molar-refractivity contribution in [2.24, 2.45) is 0 Å². The zero-order valence-electron chi connectivity index (χ0n) is 15.6. The number of hydrogen-bond donors (Lipinski definition) is 2. The topological polar surface area (TPSA) is 59.6 Å². The highest BCUT2D eigenvalue weighted by Crippen LogP contribution is 2.21. The van der Waals surface area contributed by atoms with Crippen LogP contribution in [-0.4, -0.2) is 37.4 Å². The highest BCUT2D eigenvalue weighted by molar-refractivity contribution is 5.67. The molecule has 0 atom stereocenters. The molecule has 0 aliphatic heterocycles. The molecule has 0 unspecified atom stereocenters. The molecule has 5 heteroatoms. The number of amides is 1. The van der Waals surface area contributed by atoms with E-state index in [0.29, 0.717) is 18.8 Å². The number of nitrogens with one attached hydrogen (secondary N) is 2. The van der Waals surface area contributed by atoms with Gasteiger partial charge in [-0.05, 0) is 44.2 Å². The lowest BCUT2D eigenvalue weighted by Gasteiger charge is -2.36. The fraction of sp³-hybridized carbons (Fsp3) is 0.667. The van der Waals surface area contributed by atoms with E-state index < -0.39 is 0 Å². The first-order chi connectivity index (χ1) is 12.8. The summed E-state index contributed by atoms with van der Waals surface area (Å²) in [7, 11) is 0. The van der Waals surface area contributed by atoms with Crippen molar-refractivity contribution in [3.63, 3.8) is 0 Å². The van der Waals surface area contributed by atoms with Crippen LogP contribution in [0.25, 0.3) is 0 Å². The maximum absolute atomic E-state index is 11.8. The minimum atomic E-state index is -0.321. The van der Waals surface area contributed by atoms with Crippen LogP contribution < -0.4 is 10.6 Å². The van der Waals surface area contributed by atoms with Gasteiger partial charge in [0, 0.05) is 18.7 Å². The van der Waals surface area contributed by atoms with Gasteiger partial charge in [-0.1, -0.05) is 49.6 Å². The number of benzene rings is 1. The van der Waals surface area contributed by atoms with E-state index in [9.17, 15) is 4.79 Å². The summed E-state index contributed by atoms with van der Waals surface area (Å²) in [6, 6.07) is 10.5. The first-order valence-corrected chi connectivity index (χ1v) is 10.1. The zero-order chi connectivity index (χ0) is 18.0. The molecular formula is C21H32N2O3. The summed E-state index contributed by atoms with van der Waals surface area (Å²) in [6.07, 6.45) is 9.70. The Morgan fingerprint density at radius 1 is 1.04 bits per heavy atom. The molecule has 144 valence electrons. The van der Waals surface area contributed by atoms with Crippen LogP contribution in [0.15, 0.2) is 30.3 Å². The molecule has 0 aromatic heterocycles. The van der Waals surface area contributed by atoms with E-state index >= 15 is 0 Å². The number of ether oxygens (including phenoxy) is 2. The third-order valence-corrected chi connectivity index (χ3v) is 5.33. The van der Waals surface area contributed by atoms with Gasteiger partial charge in [0.25, 0.3) is 0 Å². The number of rotatable bonds is 9. The average molecular weight is 360 g/mol. The molecule has 5 nitrogen and oxygen atoms in total. The lowest BCUT2D eigenvalue weighted by atomic mass is 9.87. The van der Waals surface area contributed by atoms with Gasteiger partial charge in [-0.3, -0.25) is 0 Å². The van der Waals surface area contributed by atoms with E-state index in [1.54, 1.807) is 0 Å². The average Bonchev–Trinajstić information content (AvgIpc) is 2.65. The maximum Gasteiger partial charge on any atom is 0.407 e. The lowest BCUT2D eigenvalue weighted by molar-refractivity contribution is 0.0267. The molecule has 0 bridgehead atoms. The monoisotopic (exact) mass is 360 g/mol. The highest BCUT2D eigenvalue weighted by Gasteiger charge is 2.30. The van der Waals surface area contributed by atoms with Crippen LogP contribution in [0.4, 0.5) is 4.79 Å². The van der Waals surface area contributed by atoms with Gasteiger partial charge in [-0.2, -0.15) is 0 Å². The SMILES string of the molecule is O=C(NC1CC(NCCCOC2CCCCC2)C1)OCc1ccccc1. The van der Waals surface area contributed by atoms with Crippen LogP contribution in [0.2, 0.25) is 0 Å². The second kappa shape index (κ2) is 10.5. The van der Waals surface area contributed by atoms with E-state index in [0.717, 1.165) is 38.0 Å². The molecule has 0 spiro atoms. The molecule has 2 N–H and O–H groups in total. The normalized spacial score (nSPS) is 23.2. The fourth-order valence-electron chi connectivity index (χ4n) is 3.69. The molecule has 0 heterocycles. The molecule has 3 rings (SSSR count). The molecule has 2 saturated carbocycles. The predicted octanol–water partition coefficient (Wildman–Crippen LogP) is 3.77. The Bertz CT molecular complexity index is 525. The molecule has 1 aromatic carbocycles. The number of carbonyl (C=O) groups is 1. The van der Waals surface area contributed by atoms with Crippen molar-refractivity contribution >= 4 is 6.09 Å². The lowest BCUT2D eigenvalue weighted by Crippen LogP contribution is -2.52. The molecule has 2 aliphatic carbocycles. The van der Waals surface area contributed by atoms with Crippen molar-refractivity contribution in [3.05, 3.63) is 35.9 Å². The van der Waals surface area contributed by atoms with E-state index in [1.165, 1.54) is 32.1 Å². The van der Waals surface area contributed by atoms with Gasteiger partial charge < -0.3 is 20.1 Å². The minimum absolute atomic E-state index is 0.231. The largest absolute Gasteiger partial charge is 0.445 e. The third kappa shape index (κ3) is 6.61. The summed E-state index contributed by atoms with van der Waals surface area (Å²) in [5.74, 6) is 0. The molecule has 0 radical (unpaired) electrons. The highest BCUT2D eigenvalue weighted by atomic mass is 16.5. The van der Waals surface area contributed by atoms with Crippen molar-refractivity contribution in [2.75, 3.05) is 13.2 Å². The molecule has 2 fully saturated rings. The van der Waals surface area contributed by atoms with Gasteiger partial charge in [0.2, 0.25) is 0 Å². The molecular weight excluding hydrogens is 328 g/mol. The summed E-state index contributed by atoms with van der Waals surface area (Å²) in [6.45, 7) is 2.17. The van der Waals surface area contributed by atoms with E-state index in [4.69, 9.17) is 9.47 Å². The van der Waals surface area contributed by atoms with E-state index in [1.807, 2.05) is 30.3 Å². The van der Waals surface area contributed by atoms with E-state index in [2.05, 4.69) is 10.6 Å². The first kappa shape index (κ1) is 19.2. The van der Waals surface area contributed by atoms with Crippen LogP contribution in [0.1, 0.15) is 56.9 Å². The summed E-state index contributed by atoms with van der Waals surface area (Å²) in [4.78, 5) is 11.8. The summed E-state index contributed by atoms with van der Waals surface area (Å²) >= 11 is 0. The Hall–Kier alpha value is -1.59. The van der Waals surface area contributed by atoms with Crippen molar-refractivity contribution in [1.82, 2.24) is 10.6 Å². The Balaban J connectivity index is 1.16. The van der Waals surface area contributed by atoms with Crippen LogP contribution in [0.3, 0.4) is 0 Å². The van der Waals surface area contributed by atoms with Gasteiger partial charge >= 0.3 is 6.09 Å². The zero-order valence-corrected chi connectivity index (χ0v) is 15.6. The quantitative estimate of drug-likeness (QED) is 0.658. The molecule has 0 saturated heterocycles. The van der Waals surface area contributed by atoms with Crippen molar-refractivity contribution in [1.29, 1.82) is 0 Å². The number of hydrogen-bond acceptors (Lipinski definition) is 4. The summed E-state index contributed by atoms with van der Waals surface area (Å²) < 4.78 is 11.2. The third-order valence-electron chi connectivity index (χ3n) is 5.33. The maximum atomic E-state index is 11.8. The smallest absolute Gasteiger partial charge is 0.407 e. The standard InChI is InChI=1S/C21H32N2O3/c24-21(26-16-17-8-3-1-4-9-17)23-19-14-18(15-19)22-12-7-13-25-20-10-5-2-6-11-20/h1,3-4,8-9,18-20,22H,2,5-7,10-16H2,(H,23,24). The fourth-order valence-corrected chi connectivity index (χ4v) is 3.69. The summed E-state index contributed by atoms with van der Waals surface area (Å²) in [5, 5.41) is 6.48. The van der Waals surface area contributed by atoms with Gasteiger partial charge in [-0.15, -0.1) is 0 Å². The van der Waals surface area contributed by atoms with Gasteiger partial charge in [0.05, 0.1) is 6.10 Å². The van der Waals surface area contributed by atoms with Crippen LogP contribution in [-0.2, 0) is 16.1 Å². The van der Waals surface area contributed by atoms with Crippen molar-refractivity contribution in [2.45, 2.75) is 76.2 Å². The second-order valence-electron chi connectivity index (χ2n) is 7.51. The molecule has 1 aromatic rings. The van der Waals surface area contributed by atoms with Crippen molar-refractivity contribution < 1.29 is 14.3 Å². The van der Waals surface area contributed by atoms with Crippen LogP contribution in [0.5, 0.6) is 0 Å². The van der Waals surface area contributed by atoms with Crippen molar-refractivity contribution in [3.8, 4) is 0 Å². The predicted molar refractivity (Wildman–Crippen MR) is 102 cm³/mol. The Morgan fingerprint density at radius 2 is 1.81 bits per heavy atom. The summed E-state index contributed by atoms with van der Waals surface area (Å²) in [5.41, 5.74) is 1.01. The Morgan fingerprint density at radius 3 is 2.58 bits per heavy atom. The Labute approximate surface area is 156 Å². The van der Waals surface area contributed by atoms with Gasteiger partial charge in [-0.25, -0.2) is 4.79 Å². The number of alkyl carbamates (subject to hydrolysis) is 1. The first-order valence-electron chi connectivity index (χ1n) is 10.1. The number of carbonyl (C=O) groups excluding carboxylic acids is 1. The molecule has 1 amide bonds. The van der Waals surface area contributed by atoms with Crippen LogP contribution >= 0.6 is 0 Å². The Kier molecular flexibility index (Phi) is 7.77. The molecule has 26 heavy (non-hydrogen) atoms. The minimum Gasteiger partial charge on any atom is -0.445 e.